The minimum Gasteiger partial charge on any atom is -0.479 e. The quantitative estimate of drug-likeness (QED) is 0.371. The standard InChI is InChI=1S/C22H20FN7O2S/c1-3-4-32-13-6-15-17(25-9-13)19(28-11-27-15)29-12-5-14(18(23)26-8-12)21(2)16-7-22(16,10-31)33-20(24)30-21/h1,5-6,8-9,11,16,31H,4,7,10H2,2H3,(H2,24,30)(H,27,28,29)/t16-,21+,22+/m0/s1. The maximum absolute atomic E-state index is 14.9. The van der Waals surface area contributed by atoms with Crippen molar-refractivity contribution in [2.24, 2.45) is 16.6 Å². The third-order valence-electron chi connectivity index (χ3n) is 6.04. The van der Waals surface area contributed by atoms with Crippen LogP contribution in [0.25, 0.3) is 11.0 Å². The first-order valence-electron chi connectivity index (χ1n) is 10.1. The number of aromatic nitrogens is 4. The molecule has 2 aliphatic rings. The summed E-state index contributed by atoms with van der Waals surface area (Å²) in [6.07, 6.45) is 10.2. The van der Waals surface area contributed by atoms with E-state index >= 15 is 0 Å². The monoisotopic (exact) mass is 465 g/mol. The van der Waals surface area contributed by atoms with E-state index in [0.29, 0.717) is 45.4 Å². The lowest BCUT2D eigenvalue weighted by molar-refractivity contribution is 0.265. The number of ether oxygens (including phenoxy) is 1. The van der Waals surface area contributed by atoms with E-state index in [1.165, 1.54) is 30.5 Å². The zero-order valence-corrected chi connectivity index (χ0v) is 18.4. The zero-order chi connectivity index (χ0) is 23.2. The third kappa shape index (κ3) is 3.61. The average molecular weight is 466 g/mol. The number of pyridine rings is 2. The number of aliphatic imine (C=N–C) groups is 1. The molecule has 1 fully saturated rings. The molecule has 0 bridgehead atoms. The summed E-state index contributed by atoms with van der Waals surface area (Å²) in [5.41, 5.74) is 6.95. The number of nitrogens with zero attached hydrogens (tertiary/aromatic N) is 5. The summed E-state index contributed by atoms with van der Waals surface area (Å²) < 4.78 is 19.9. The van der Waals surface area contributed by atoms with Crippen LogP contribution in [-0.4, -0.2) is 48.2 Å². The van der Waals surface area contributed by atoms with Gasteiger partial charge in [0.25, 0.3) is 0 Å². The smallest absolute Gasteiger partial charge is 0.218 e. The Morgan fingerprint density at radius 3 is 2.97 bits per heavy atom. The van der Waals surface area contributed by atoms with E-state index in [9.17, 15) is 9.50 Å². The molecule has 5 rings (SSSR count). The minimum absolute atomic E-state index is 0.0488. The SMILES string of the molecule is C#CCOc1cnc2c(Nc3cnc(F)c([C@@]4(C)N=C(N)S[C@@]5(CO)C[C@H]54)c3)ncnc2c1. The number of nitrogens with one attached hydrogen (secondary N) is 1. The topological polar surface area (TPSA) is 131 Å². The van der Waals surface area contributed by atoms with Gasteiger partial charge < -0.3 is 20.9 Å². The number of thioether (sulfide) groups is 1. The van der Waals surface area contributed by atoms with Crippen LogP contribution in [0.1, 0.15) is 18.9 Å². The van der Waals surface area contributed by atoms with Crippen molar-refractivity contribution in [2.45, 2.75) is 23.6 Å². The molecule has 11 heteroatoms. The Labute approximate surface area is 193 Å². The molecule has 3 aromatic heterocycles. The number of aliphatic hydroxyl groups excluding tert-OH is 1. The van der Waals surface area contributed by atoms with E-state index in [1.54, 1.807) is 12.1 Å². The second-order valence-corrected chi connectivity index (χ2v) is 9.56. The molecule has 1 aliphatic heterocycles. The van der Waals surface area contributed by atoms with Gasteiger partial charge in [-0.3, -0.25) is 4.99 Å². The lowest BCUT2D eigenvalue weighted by Crippen LogP contribution is -2.37. The molecule has 0 saturated heterocycles. The summed E-state index contributed by atoms with van der Waals surface area (Å²) in [6.45, 7) is 1.90. The van der Waals surface area contributed by atoms with E-state index in [2.05, 4.69) is 36.2 Å². The van der Waals surface area contributed by atoms with Gasteiger partial charge in [-0.05, 0) is 19.4 Å². The number of rotatable bonds is 6. The highest BCUT2D eigenvalue weighted by molar-refractivity contribution is 8.15. The van der Waals surface area contributed by atoms with Crippen molar-refractivity contribution in [3.05, 3.63) is 42.4 Å². The molecule has 0 aromatic carbocycles. The molecule has 0 amide bonds. The van der Waals surface area contributed by atoms with Gasteiger partial charge >= 0.3 is 0 Å². The van der Waals surface area contributed by atoms with Gasteiger partial charge in [0.15, 0.2) is 11.0 Å². The van der Waals surface area contributed by atoms with Crippen molar-refractivity contribution >= 4 is 39.5 Å². The molecule has 1 saturated carbocycles. The second kappa shape index (κ2) is 7.83. The van der Waals surface area contributed by atoms with Crippen LogP contribution in [0.4, 0.5) is 15.9 Å². The number of hydrogen-bond donors (Lipinski definition) is 3. The summed E-state index contributed by atoms with van der Waals surface area (Å²) in [6, 6.07) is 3.36. The van der Waals surface area contributed by atoms with Gasteiger partial charge in [-0.2, -0.15) is 4.39 Å². The molecule has 0 unspecified atom stereocenters. The molecular formula is C22H20FN7O2S. The predicted octanol–water partition coefficient (Wildman–Crippen LogP) is 2.34. The number of anilines is 2. The maximum atomic E-state index is 14.9. The fourth-order valence-corrected chi connectivity index (χ4v) is 5.67. The summed E-state index contributed by atoms with van der Waals surface area (Å²) in [4.78, 5) is 21.4. The predicted molar refractivity (Wildman–Crippen MR) is 124 cm³/mol. The Kier molecular flexibility index (Phi) is 5.07. The summed E-state index contributed by atoms with van der Waals surface area (Å²) >= 11 is 1.35. The molecule has 3 aromatic rings. The Balaban J connectivity index is 1.49. The Hall–Kier alpha value is -3.49. The molecule has 0 spiro atoms. The van der Waals surface area contributed by atoms with Gasteiger partial charge in [0.1, 0.15) is 24.2 Å². The number of terminal acetylenes is 1. The van der Waals surface area contributed by atoms with Crippen LogP contribution in [0.2, 0.25) is 0 Å². The third-order valence-corrected chi connectivity index (χ3v) is 7.33. The largest absolute Gasteiger partial charge is 0.479 e. The van der Waals surface area contributed by atoms with Gasteiger partial charge in [-0.1, -0.05) is 17.7 Å². The molecule has 1 aliphatic carbocycles. The Morgan fingerprint density at radius 2 is 2.18 bits per heavy atom. The van der Waals surface area contributed by atoms with Crippen LogP contribution in [0.15, 0.2) is 35.8 Å². The lowest BCUT2D eigenvalue weighted by Gasteiger charge is -2.33. The molecule has 0 radical (unpaired) electrons. The maximum Gasteiger partial charge on any atom is 0.218 e. The van der Waals surface area contributed by atoms with Crippen LogP contribution < -0.4 is 15.8 Å². The van der Waals surface area contributed by atoms with Crippen molar-refractivity contribution in [1.29, 1.82) is 0 Å². The van der Waals surface area contributed by atoms with Crippen molar-refractivity contribution in [3.8, 4) is 18.1 Å². The highest BCUT2D eigenvalue weighted by Gasteiger charge is 2.66. The minimum atomic E-state index is -0.942. The number of fused-ring (bicyclic) bond motifs is 2. The molecular weight excluding hydrogens is 445 g/mol. The number of aliphatic hydroxyl groups is 1. The van der Waals surface area contributed by atoms with E-state index in [1.807, 2.05) is 6.92 Å². The molecule has 9 nitrogen and oxygen atoms in total. The van der Waals surface area contributed by atoms with Crippen molar-refractivity contribution in [1.82, 2.24) is 19.9 Å². The fraction of sp³-hybridized carbons (Fsp3) is 0.318. The van der Waals surface area contributed by atoms with Crippen LogP contribution in [0, 0.1) is 24.2 Å². The Bertz CT molecular complexity index is 1330. The number of hydrogen-bond acceptors (Lipinski definition) is 10. The lowest BCUT2D eigenvalue weighted by atomic mass is 9.86. The summed E-state index contributed by atoms with van der Waals surface area (Å²) in [5.74, 6) is 2.63. The Morgan fingerprint density at radius 1 is 1.33 bits per heavy atom. The first kappa shape index (κ1) is 21.4. The average Bonchev–Trinajstić information content (AvgIpc) is 3.55. The molecule has 4 heterocycles. The first-order chi connectivity index (χ1) is 15.9. The van der Waals surface area contributed by atoms with E-state index < -0.39 is 16.2 Å². The van der Waals surface area contributed by atoms with Crippen molar-refractivity contribution < 1.29 is 14.2 Å². The number of halogens is 1. The molecule has 3 atom stereocenters. The van der Waals surface area contributed by atoms with Gasteiger partial charge in [-0.15, -0.1) is 6.42 Å². The van der Waals surface area contributed by atoms with E-state index in [-0.39, 0.29) is 19.1 Å². The molecule has 4 N–H and O–H groups in total. The van der Waals surface area contributed by atoms with Gasteiger partial charge in [-0.25, -0.2) is 19.9 Å². The van der Waals surface area contributed by atoms with Crippen molar-refractivity contribution in [3.63, 3.8) is 0 Å². The van der Waals surface area contributed by atoms with Crippen LogP contribution >= 0.6 is 11.8 Å². The summed E-state index contributed by atoms with van der Waals surface area (Å²) in [5, 5.41) is 13.4. The van der Waals surface area contributed by atoms with E-state index in [0.717, 1.165) is 0 Å². The van der Waals surface area contributed by atoms with E-state index in [4.69, 9.17) is 16.9 Å². The normalized spacial score (nSPS) is 25.6. The summed E-state index contributed by atoms with van der Waals surface area (Å²) in [7, 11) is 0. The fourth-order valence-electron chi connectivity index (χ4n) is 4.33. The highest BCUT2D eigenvalue weighted by Crippen LogP contribution is 2.65. The first-order valence-corrected chi connectivity index (χ1v) is 11.0. The highest BCUT2D eigenvalue weighted by atomic mass is 32.2. The van der Waals surface area contributed by atoms with Gasteiger partial charge in [0.05, 0.1) is 40.5 Å². The number of amidine groups is 1. The zero-order valence-electron chi connectivity index (χ0n) is 17.6. The number of nitrogens with two attached hydrogens (primary N) is 1. The molecule has 33 heavy (non-hydrogen) atoms. The van der Waals surface area contributed by atoms with Gasteiger partial charge in [0, 0.05) is 17.5 Å². The molecule has 168 valence electrons. The van der Waals surface area contributed by atoms with Gasteiger partial charge in [0.2, 0.25) is 5.95 Å². The van der Waals surface area contributed by atoms with Crippen molar-refractivity contribution in [2.75, 3.05) is 18.5 Å². The second-order valence-electron chi connectivity index (χ2n) is 8.12. The van der Waals surface area contributed by atoms with Crippen LogP contribution in [-0.2, 0) is 5.54 Å². The van der Waals surface area contributed by atoms with Crippen LogP contribution in [0.3, 0.4) is 0 Å². The van der Waals surface area contributed by atoms with Crippen LogP contribution in [0.5, 0.6) is 5.75 Å².